The van der Waals surface area contributed by atoms with E-state index in [4.69, 9.17) is 0 Å². The van der Waals surface area contributed by atoms with E-state index in [0.29, 0.717) is 12.0 Å². The van der Waals surface area contributed by atoms with E-state index in [1.54, 1.807) is 0 Å². The largest absolute Gasteiger partial charge is 0.310 e. The van der Waals surface area contributed by atoms with Gasteiger partial charge in [-0.25, -0.2) is 0 Å². The SMILES string of the molecule is CCCNC1c2ccccc2CC1Cc1ccccc1C. The smallest absolute Gasteiger partial charge is 0.0357 e. The van der Waals surface area contributed by atoms with Crippen LogP contribution >= 0.6 is 0 Å². The molecule has 1 nitrogen and oxygen atoms in total. The van der Waals surface area contributed by atoms with Crippen molar-refractivity contribution in [3.63, 3.8) is 0 Å². The van der Waals surface area contributed by atoms with Gasteiger partial charge in [0.15, 0.2) is 0 Å². The minimum Gasteiger partial charge on any atom is -0.310 e. The van der Waals surface area contributed by atoms with Crippen molar-refractivity contribution in [2.24, 2.45) is 5.92 Å². The molecule has 110 valence electrons. The van der Waals surface area contributed by atoms with Crippen LogP contribution in [0.5, 0.6) is 0 Å². The summed E-state index contributed by atoms with van der Waals surface area (Å²) in [5, 5.41) is 3.78. The summed E-state index contributed by atoms with van der Waals surface area (Å²) in [4.78, 5) is 0. The molecule has 1 heteroatoms. The van der Waals surface area contributed by atoms with Crippen LogP contribution in [0, 0.1) is 12.8 Å². The maximum absolute atomic E-state index is 3.78. The van der Waals surface area contributed by atoms with Gasteiger partial charge in [0, 0.05) is 6.04 Å². The summed E-state index contributed by atoms with van der Waals surface area (Å²) in [6, 6.07) is 18.3. The van der Waals surface area contributed by atoms with Crippen LogP contribution in [-0.4, -0.2) is 6.54 Å². The molecule has 0 heterocycles. The monoisotopic (exact) mass is 279 g/mol. The molecule has 0 amide bonds. The molecule has 0 aliphatic heterocycles. The van der Waals surface area contributed by atoms with Gasteiger partial charge in [0.05, 0.1) is 0 Å². The van der Waals surface area contributed by atoms with Gasteiger partial charge in [-0.05, 0) is 60.9 Å². The van der Waals surface area contributed by atoms with Gasteiger partial charge >= 0.3 is 0 Å². The predicted octanol–water partition coefficient (Wildman–Crippen LogP) is 4.45. The van der Waals surface area contributed by atoms with Gasteiger partial charge in [-0.15, -0.1) is 0 Å². The summed E-state index contributed by atoms with van der Waals surface area (Å²) in [7, 11) is 0. The molecule has 2 aromatic carbocycles. The van der Waals surface area contributed by atoms with E-state index in [0.717, 1.165) is 6.54 Å². The third kappa shape index (κ3) is 3.03. The second kappa shape index (κ2) is 6.44. The molecule has 0 saturated heterocycles. The van der Waals surface area contributed by atoms with Gasteiger partial charge in [-0.1, -0.05) is 55.5 Å². The quantitative estimate of drug-likeness (QED) is 0.852. The van der Waals surface area contributed by atoms with Crippen molar-refractivity contribution in [3.05, 3.63) is 70.8 Å². The molecule has 0 saturated carbocycles. The van der Waals surface area contributed by atoms with Crippen LogP contribution in [0.1, 0.15) is 41.6 Å². The molecule has 2 unspecified atom stereocenters. The van der Waals surface area contributed by atoms with Crippen LogP contribution in [0.4, 0.5) is 0 Å². The average Bonchev–Trinajstić information content (AvgIpc) is 2.85. The van der Waals surface area contributed by atoms with Crippen molar-refractivity contribution in [3.8, 4) is 0 Å². The Labute approximate surface area is 128 Å². The summed E-state index contributed by atoms with van der Waals surface area (Å²) in [5.74, 6) is 0.676. The van der Waals surface area contributed by atoms with Crippen molar-refractivity contribution in [1.82, 2.24) is 5.32 Å². The highest BCUT2D eigenvalue weighted by Crippen LogP contribution is 2.38. The molecule has 0 bridgehead atoms. The number of benzene rings is 2. The highest BCUT2D eigenvalue weighted by atomic mass is 14.9. The Kier molecular flexibility index (Phi) is 4.40. The first-order chi connectivity index (χ1) is 10.3. The van der Waals surface area contributed by atoms with Crippen molar-refractivity contribution in [2.45, 2.75) is 39.2 Å². The van der Waals surface area contributed by atoms with E-state index in [-0.39, 0.29) is 0 Å². The summed E-state index contributed by atoms with van der Waals surface area (Å²) in [5.41, 5.74) is 5.97. The topological polar surface area (TPSA) is 12.0 Å². The molecule has 2 aromatic rings. The van der Waals surface area contributed by atoms with Gasteiger partial charge in [0.1, 0.15) is 0 Å². The molecule has 3 rings (SSSR count). The average molecular weight is 279 g/mol. The maximum Gasteiger partial charge on any atom is 0.0357 e. The van der Waals surface area contributed by atoms with Crippen molar-refractivity contribution >= 4 is 0 Å². The number of nitrogens with one attached hydrogen (secondary N) is 1. The van der Waals surface area contributed by atoms with E-state index in [2.05, 4.69) is 67.7 Å². The van der Waals surface area contributed by atoms with Crippen LogP contribution in [0.3, 0.4) is 0 Å². The molecule has 21 heavy (non-hydrogen) atoms. The second-order valence-electron chi connectivity index (χ2n) is 6.23. The standard InChI is InChI=1S/C20H25N/c1-3-12-21-20-18(13-16-9-5-4-8-15(16)2)14-17-10-6-7-11-19(17)20/h4-11,18,20-21H,3,12-14H2,1-2H3. The number of hydrogen-bond acceptors (Lipinski definition) is 1. The lowest BCUT2D eigenvalue weighted by Crippen LogP contribution is -2.27. The van der Waals surface area contributed by atoms with Crippen molar-refractivity contribution in [2.75, 3.05) is 6.54 Å². The molecule has 1 N–H and O–H groups in total. The third-order valence-electron chi connectivity index (χ3n) is 4.70. The van der Waals surface area contributed by atoms with E-state index < -0.39 is 0 Å². The fourth-order valence-electron chi connectivity index (χ4n) is 3.57. The first-order valence-corrected chi connectivity index (χ1v) is 8.15. The lowest BCUT2D eigenvalue weighted by atomic mass is 9.91. The predicted molar refractivity (Wildman–Crippen MR) is 89.6 cm³/mol. The Morgan fingerprint density at radius 3 is 2.62 bits per heavy atom. The fourth-order valence-corrected chi connectivity index (χ4v) is 3.57. The Morgan fingerprint density at radius 1 is 1.05 bits per heavy atom. The fraction of sp³-hybridized carbons (Fsp3) is 0.400. The van der Waals surface area contributed by atoms with Gasteiger partial charge < -0.3 is 5.32 Å². The summed E-state index contributed by atoms with van der Waals surface area (Å²) in [6.45, 7) is 5.57. The lowest BCUT2D eigenvalue weighted by molar-refractivity contribution is 0.386. The van der Waals surface area contributed by atoms with E-state index in [1.165, 1.54) is 41.5 Å². The zero-order valence-corrected chi connectivity index (χ0v) is 13.1. The van der Waals surface area contributed by atoms with Gasteiger partial charge in [-0.2, -0.15) is 0 Å². The zero-order chi connectivity index (χ0) is 14.7. The minimum absolute atomic E-state index is 0.515. The molecule has 0 aromatic heterocycles. The van der Waals surface area contributed by atoms with Crippen LogP contribution < -0.4 is 5.32 Å². The molecular formula is C20H25N. The number of aryl methyl sites for hydroxylation is 1. The summed E-state index contributed by atoms with van der Waals surface area (Å²) >= 11 is 0. The van der Waals surface area contributed by atoms with E-state index >= 15 is 0 Å². The van der Waals surface area contributed by atoms with Crippen LogP contribution in [0.2, 0.25) is 0 Å². The number of fused-ring (bicyclic) bond motifs is 1. The molecule has 0 radical (unpaired) electrons. The summed E-state index contributed by atoms with van der Waals surface area (Å²) < 4.78 is 0. The number of hydrogen-bond donors (Lipinski definition) is 1. The maximum atomic E-state index is 3.78. The van der Waals surface area contributed by atoms with Gasteiger partial charge in [0.25, 0.3) is 0 Å². The zero-order valence-electron chi connectivity index (χ0n) is 13.1. The Hall–Kier alpha value is -1.60. The summed E-state index contributed by atoms with van der Waals surface area (Å²) in [6.07, 6.45) is 3.56. The Balaban J connectivity index is 1.83. The van der Waals surface area contributed by atoms with E-state index in [9.17, 15) is 0 Å². The van der Waals surface area contributed by atoms with Gasteiger partial charge in [0.2, 0.25) is 0 Å². The van der Waals surface area contributed by atoms with Crippen LogP contribution in [-0.2, 0) is 12.8 Å². The molecular weight excluding hydrogens is 254 g/mol. The van der Waals surface area contributed by atoms with Crippen LogP contribution in [0.15, 0.2) is 48.5 Å². The lowest BCUT2D eigenvalue weighted by Gasteiger charge is -2.22. The molecule has 1 aliphatic rings. The normalized spacial score (nSPS) is 20.5. The van der Waals surface area contributed by atoms with Crippen molar-refractivity contribution < 1.29 is 0 Å². The number of rotatable bonds is 5. The molecule has 2 atom stereocenters. The minimum atomic E-state index is 0.515. The van der Waals surface area contributed by atoms with Crippen LogP contribution in [0.25, 0.3) is 0 Å². The highest BCUT2D eigenvalue weighted by Gasteiger charge is 2.31. The first-order valence-electron chi connectivity index (χ1n) is 8.15. The van der Waals surface area contributed by atoms with E-state index in [1.807, 2.05) is 0 Å². The molecule has 0 fully saturated rings. The highest BCUT2D eigenvalue weighted by molar-refractivity contribution is 5.37. The molecule has 0 spiro atoms. The Morgan fingerprint density at radius 2 is 1.81 bits per heavy atom. The van der Waals surface area contributed by atoms with Crippen molar-refractivity contribution in [1.29, 1.82) is 0 Å². The first kappa shape index (κ1) is 14.3. The Bertz CT molecular complexity index is 602. The van der Waals surface area contributed by atoms with Gasteiger partial charge in [-0.3, -0.25) is 0 Å². The molecule has 1 aliphatic carbocycles. The second-order valence-corrected chi connectivity index (χ2v) is 6.23. The third-order valence-corrected chi connectivity index (χ3v) is 4.70.